The van der Waals surface area contributed by atoms with Crippen LogP contribution in [0.3, 0.4) is 0 Å². The van der Waals surface area contributed by atoms with Crippen molar-refractivity contribution in [1.82, 2.24) is 0 Å². The molecule has 1 rings (SSSR count). The van der Waals surface area contributed by atoms with E-state index in [0.717, 1.165) is 12.8 Å². The van der Waals surface area contributed by atoms with E-state index >= 15 is 0 Å². The second-order valence-corrected chi connectivity index (χ2v) is 4.64. The van der Waals surface area contributed by atoms with Crippen molar-refractivity contribution < 1.29 is 9.90 Å². The highest BCUT2D eigenvalue weighted by atomic mass is 35.5. The van der Waals surface area contributed by atoms with Gasteiger partial charge in [-0.05, 0) is 36.6 Å². The summed E-state index contributed by atoms with van der Waals surface area (Å²) in [5.41, 5.74) is 5.56. The minimum atomic E-state index is -0.716. The van der Waals surface area contributed by atoms with Crippen molar-refractivity contribution in [3.63, 3.8) is 0 Å². The lowest BCUT2D eigenvalue weighted by atomic mass is 9.82. The lowest BCUT2D eigenvalue weighted by Crippen LogP contribution is -2.30. The molecule has 84 valence electrons. The van der Waals surface area contributed by atoms with Crippen LogP contribution in [-0.4, -0.2) is 17.6 Å². The van der Waals surface area contributed by atoms with Gasteiger partial charge in [-0.25, -0.2) is 0 Å². The van der Waals surface area contributed by atoms with Gasteiger partial charge in [-0.15, -0.1) is 12.4 Å². The summed E-state index contributed by atoms with van der Waals surface area (Å²) in [6, 6.07) is 0. The zero-order valence-electron chi connectivity index (χ0n) is 8.82. The molecule has 1 saturated carbocycles. The van der Waals surface area contributed by atoms with E-state index in [-0.39, 0.29) is 24.2 Å². The van der Waals surface area contributed by atoms with E-state index in [4.69, 9.17) is 10.8 Å². The van der Waals surface area contributed by atoms with Crippen molar-refractivity contribution in [2.75, 3.05) is 6.54 Å². The standard InChI is InChI=1S/C10H19NO2.ClH/c1-7-3-10(6-11,4-8(7)2)5-9(12)13;/h7-8H,3-6,11H2,1-2H3,(H,12,13);1H/t7-,8+,10+;. The number of carboxylic acids is 1. The third kappa shape index (κ3) is 2.85. The van der Waals surface area contributed by atoms with E-state index in [0.29, 0.717) is 18.4 Å². The highest BCUT2D eigenvalue weighted by Gasteiger charge is 2.41. The molecular weight excluding hydrogens is 202 g/mol. The normalized spacial score (nSPS) is 36.5. The van der Waals surface area contributed by atoms with E-state index in [1.54, 1.807) is 0 Å². The zero-order valence-corrected chi connectivity index (χ0v) is 9.64. The maximum Gasteiger partial charge on any atom is 0.303 e. The van der Waals surface area contributed by atoms with E-state index in [2.05, 4.69) is 13.8 Å². The molecule has 1 aliphatic carbocycles. The van der Waals surface area contributed by atoms with Gasteiger partial charge in [-0.1, -0.05) is 13.8 Å². The Morgan fingerprint density at radius 1 is 1.43 bits per heavy atom. The first-order valence-electron chi connectivity index (χ1n) is 4.91. The predicted molar refractivity (Wildman–Crippen MR) is 58.6 cm³/mol. The summed E-state index contributed by atoms with van der Waals surface area (Å²) in [5.74, 6) is 0.512. The number of halogens is 1. The van der Waals surface area contributed by atoms with Crippen LogP contribution in [0, 0.1) is 17.3 Å². The average molecular weight is 222 g/mol. The van der Waals surface area contributed by atoms with Crippen LogP contribution < -0.4 is 5.73 Å². The minimum Gasteiger partial charge on any atom is -0.481 e. The Morgan fingerprint density at radius 2 is 1.86 bits per heavy atom. The van der Waals surface area contributed by atoms with Gasteiger partial charge in [-0.3, -0.25) is 4.79 Å². The molecule has 0 bridgehead atoms. The molecule has 3 nitrogen and oxygen atoms in total. The van der Waals surface area contributed by atoms with Gasteiger partial charge >= 0.3 is 5.97 Å². The Balaban J connectivity index is 0.00000169. The fraction of sp³-hybridized carbons (Fsp3) is 0.900. The summed E-state index contributed by atoms with van der Waals surface area (Å²) in [6.45, 7) is 4.88. The van der Waals surface area contributed by atoms with Crippen LogP contribution in [-0.2, 0) is 4.79 Å². The number of carbonyl (C=O) groups is 1. The average Bonchev–Trinajstić information content (AvgIpc) is 2.27. The van der Waals surface area contributed by atoms with Gasteiger partial charge in [0.2, 0.25) is 0 Å². The molecule has 0 radical (unpaired) electrons. The zero-order chi connectivity index (χ0) is 10.1. The topological polar surface area (TPSA) is 63.3 Å². The number of rotatable bonds is 3. The maximum atomic E-state index is 10.7. The van der Waals surface area contributed by atoms with Crippen molar-refractivity contribution in [3.05, 3.63) is 0 Å². The minimum absolute atomic E-state index is 0. The molecule has 0 aromatic rings. The Bertz CT molecular complexity index is 198. The van der Waals surface area contributed by atoms with Crippen molar-refractivity contribution in [3.8, 4) is 0 Å². The van der Waals surface area contributed by atoms with Crippen molar-refractivity contribution in [2.24, 2.45) is 23.0 Å². The maximum absolute atomic E-state index is 10.7. The summed E-state index contributed by atoms with van der Waals surface area (Å²) in [7, 11) is 0. The third-order valence-electron chi connectivity index (χ3n) is 3.44. The van der Waals surface area contributed by atoms with Crippen molar-refractivity contribution >= 4 is 18.4 Å². The monoisotopic (exact) mass is 221 g/mol. The van der Waals surface area contributed by atoms with Crippen LogP contribution in [0.15, 0.2) is 0 Å². The van der Waals surface area contributed by atoms with Crippen LogP contribution >= 0.6 is 12.4 Å². The molecule has 0 unspecified atom stereocenters. The number of aliphatic carboxylic acids is 1. The molecule has 3 N–H and O–H groups in total. The fourth-order valence-corrected chi connectivity index (χ4v) is 2.56. The summed E-state index contributed by atoms with van der Waals surface area (Å²) in [5, 5.41) is 8.79. The highest BCUT2D eigenvalue weighted by molar-refractivity contribution is 5.85. The molecule has 0 heterocycles. The first kappa shape index (κ1) is 13.7. The molecule has 1 fully saturated rings. The van der Waals surface area contributed by atoms with Crippen LogP contribution in [0.25, 0.3) is 0 Å². The van der Waals surface area contributed by atoms with Crippen LogP contribution in [0.5, 0.6) is 0 Å². The molecule has 0 aromatic heterocycles. The molecule has 3 atom stereocenters. The van der Waals surface area contributed by atoms with Gasteiger partial charge in [0.25, 0.3) is 0 Å². The lowest BCUT2D eigenvalue weighted by Gasteiger charge is -2.25. The molecule has 0 amide bonds. The van der Waals surface area contributed by atoms with Gasteiger partial charge in [-0.2, -0.15) is 0 Å². The Hall–Kier alpha value is -0.280. The van der Waals surface area contributed by atoms with Crippen LogP contribution in [0.4, 0.5) is 0 Å². The molecule has 0 aliphatic heterocycles. The predicted octanol–water partition coefficient (Wildman–Crippen LogP) is 1.89. The SMILES string of the molecule is C[C@@H]1C[C@@](CN)(CC(=O)O)C[C@@H]1C.Cl. The molecule has 0 saturated heterocycles. The third-order valence-corrected chi connectivity index (χ3v) is 3.44. The lowest BCUT2D eigenvalue weighted by molar-refractivity contribution is -0.139. The van der Waals surface area contributed by atoms with Gasteiger partial charge in [0.05, 0.1) is 6.42 Å². The van der Waals surface area contributed by atoms with Gasteiger partial charge in [0.1, 0.15) is 0 Å². The first-order chi connectivity index (χ1) is 5.99. The highest BCUT2D eigenvalue weighted by Crippen LogP contribution is 2.46. The van der Waals surface area contributed by atoms with Crippen LogP contribution in [0.2, 0.25) is 0 Å². The molecule has 1 aliphatic rings. The van der Waals surface area contributed by atoms with E-state index in [1.165, 1.54) is 0 Å². The van der Waals surface area contributed by atoms with Gasteiger partial charge < -0.3 is 10.8 Å². The Kier molecular flexibility index (Phi) is 4.89. The van der Waals surface area contributed by atoms with Crippen molar-refractivity contribution in [1.29, 1.82) is 0 Å². The molecular formula is C10H20ClNO2. The number of carboxylic acid groups (broad SMARTS) is 1. The summed E-state index contributed by atoms with van der Waals surface area (Å²) in [4.78, 5) is 10.7. The summed E-state index contributed by atoms with van der Waals surface area (Å²) < 4.78 is 0. The second-order valence-electron chi connectivity index (χ2n) is 4.64. The number of nitrogens with two attached hydrogens (primary N) is 1. The van der Waals surface area contributed by atoms with E-state index < -0.39 is 5.97 Å². The summed E-state index contributed by atoms with van der Waals surface area (Å²) >= 11 is 0. The van der Waals surface area contributed by atoms with Crippen molar-refractivity contribution in [2.45, 2.75) is 33.1 Å². The van der Waals surface area contributed by atoms with Crippen LogP contribution in [0.1, 0.15) is 33.1 Å². The first-order valence-corrected chi connectivity index (χ1v) is 4.91. The number of hydrogen-bond donors (Lipinski definition) is 2. The van der Waals surface area contributed by atoms with E-state index in [1.807, 2.05) is 0 Å². The van der Waals surface area contributed by atoms with Gasteiger partial charge in [0, 0.05) is 0 Å². The Labute approximate surface area is 91.5 Å². The second kappa shape index (κ2) is 4.99. The number of hydrogen-bond acceptors (Lipinski definition) is 2. The fourth-order valence-electron chi connectivity index (χ4n) is 2.56. The smallest absolute Gasteiger partial charge is 0.303 e. The van der Waals surface area contributed by atoms with E-state index in [9.17, 15) is 4.79 Å². The molecule has 0 spiro atoms. The largest absolute Gasteiger partial charge is 0.481 e. The molecule has 0 aromatic carbocycles. The summed E-state index contributed by atoms with van der Waals surface area (Å²) in [6.07, 6.45) is 2.17. The quantitative estimate of drug-likeness (QED) is 0.765. The molecule has 14 heavy (non-hydrogen) atoms. The molecule has 4 heteroatoms. The Morgan fingerprint density at radius 3 is 2.14 bits per heavy atom. The van der Waals surface area contributed by atoms with Gasteiger partial charge in [0.15, 0.2) is 0 Å².